The number of carboxylic acid groups (broad SMARTS) is 2. The highest BCUT2D eigenvalue weighted by Gasteiger charge is 2.48. The molecule has 4 fully saturated rings. The summed E-state index contributed by atoms with van der Waals surface area (Å²) in [6.45, 7) is 11.8. The lowest BCUT2D eigenvalue weighted by Crippen LogP contribution is -2.55. The molecule has 2 aromatic carbocycles. The Morgan fingerprint density at radius 1 is 0.627 bits per heavy atom. The number of hydrogen-bond donors (Lipinski definition) is 4. The van der Waals surface area contributed by atoms with Crippen LogP contribution in [-0.2, 0) is 19.1 Å². The highest BCUT2D eigenvalue weighted by molar-refractivity contribution is 5.87. The number of halogens is 1. The van der Waals surface area contributed by atoms with Crippen LogP contribution in [0.15, 0.2) is 54.9 Å². The number of aromatic nitrogens is 4. The minimum absolute atomic E-state index is 0.0853. The van der Waals surface area contributed by atoms with Gasteiger partial charge in [0.05, 0.1) is 60.3 Å². The maximum atomic E-state index is 16.0. The third kappa shape index (κ3) is 9.67. The Kier molecular flexibility index (Phi) is 13.8. The molecule has 0 bridgehead atoms. The number of H-pyrrole nitrogens is 2. The number of hydrogen-bond acceptors (Lipinski definition) is 8. The molecule has 10 atom stereocenters. The summed E-state index contributed by atoms with van der Waals surface area (Å²) in [7, 11) is 2.94. The van der Waals surface area contributed by atoms with Gasteiger partial charge in [0.25, 0.3) is 0 Å². The molecule has 4 aromatic rings. The lowest BCUT2D eigenvalue weighted by atomic mass is 9.84. The molecule has 0 saturated carbocycles. The Hall–Kier alpha value is -5.81. The number of amides is 4. The summed E-state index contributed by atoms with van der Waals surface area (Å²) in [6.07, 6.45) is 5.73. The van der Waals surface area contributed by atoms with E-state index in [4.69, 9.17) is 14.5 Å². The molecule has 0 spiro atoms. The topological polar surface area (TPSA) is 198 Å². The van der Waals surface area contributed by atoms with Crippen LogP contribution in [0.4, 0.5) is 14.0 Å². The van der Waals surface area contributed by atoms with Crippen molar-refractivity contribution in [1.82, 2.24) is 39.5 Å². The van der Waals surface area contributed by atoms with Gasteiger partial charge in [-0.15, -0.1) is 0 Å². The predicted octanol–water partition coefficient (Wildman–Crippen LogP) is 8.74. The summed E-state index contributed by atoms with van der Waals surface area (Å²) in [5.41, 5.74) is 3.88. The number of imidazole rings is 2. The highest BCUT2D eigenvalue weighted by Crippen LogP contribution is 2.41. The average molecular weight is 925 g/mol. The van der Waals surface area contributed by atoms with Crippen molar-refractivity contribution in [3.63, 3.8) is 0 Å². The first kappa shape index (κ1) is 47.7. The second kappa shape index (κ2) is 19.4. The van der Waals surface area contributed by atoms with Gasteiger partial charge in [-0.2, -0.15) is 0 Å². The Bertz CT molecular complexity index is 2420. The molecule has 0 unspecified atom stereocenters. The van der Waals surface area contributed by atoms with Gasteiger partial charge < -0.3 is 39.5 Å². The molecule has 8 rings (SSSR count). The Balaban J connectivity index is 0.962. The molecule has 2 aromatic heterocycles. The smallest absolute Gasteiger partial charge is 0.407 e. The molecule has 0 radical (unpaired) electrons. The van der Waals surface area contributed by atoms with Gasteiger partial charge in [-0.1, -0.05) is 30.3 Å². The fourth-order valence-corrected chi connectivity index (χ4v) is 11.6. The molecule has 4 aliphatic rings. The van der Waals surface area contributed by atoms with Gasteiger partial charge in [0.2, 0.25) is 11.8 Å². The number of aromatic amines is 2. The van der Waals surface area contributed by atoms with E-state index in [0.717, 1.165) is 33.0 Å². The van der Waals surface area contributed by atoms with E-state index in [1.54, 1.807) is 23.4 Å². The summed E-state index contributed by atoms with van der Waals surface area (Å²) in [6, 6.07) is 9.98. The lowest BCUT2D eigenvalue weighted by molar-refractivity contribution is -0.145. The van der Waals surface area contributed by atoms with Crippen molar-refractivity contribution in [1.29, 1.82) is 0 Å². The van der Waals surface area contributed by atoms with E-state index in [9.17, 15) is 29.4 Å². The first-order chi connectivity index (χ1) is 31.9. The van der Waals surface area contributed by atoms with Crippen molar-refractivity contribution >= 4 is 24.0 Å². The molecule has 4 N–H and O–H groups in total. The normalized spacial score (nSPS) is 28.6. The number of likely N-dealkylation sites (N-methyl/N-ethyl adjacent to an activating group) is 2. The summed E-state index contributed by atoms with van der Waals surface area (Å²) >= 11 is 0. The maximum Gasteiger partial charge on any atom is 0.407 e. The van der Waals surface area contributed by atoms with E-state index in [2.05, 4.69) is 15.0 Å². The van der Waals surface area contributed by atoms with Gasteiger partial charge in [-0.05, 0) is 134 Å². The quantitative estimate of drug-likeness (QED) is 0.113. The number of benzene rings is 2. The van der Waals surface area contributed by atoms with Crippen LogP contribution >= 0.6 is 0 Å². The van der Waals surface area contributed by atoms with Gasteiger partial charge in [0.15, 0.2) is 0 Å². The maximum absolute atomic E-state index is 16.0. The first-order valence-electron chi connectivity index (χ1n) is 23.8. The van der Waals surface area contributed by atoms with Crippen molar-refractivity contribution in [3.8, 4) is 33.6 Å². The lowest BCUT2D eigenvalue weighted by Gasteiger charge is -2.41. The van der Waals surface area contributed by atoms with Gasteiger partial charge >= 0.3 is 12.2 Å². The SMILES string of the molecule is C[C@@H]1CC([C@@H](C(=O)N2[C@@H](C)CC[C@H]2c2ncc(-c3ccc(-c4ccc(-c5cnc([C@@H]6CC[C@H](C)N6C(=O)[C@H](C6C[C@@H](C)O[C@H](C)C6)N(C)C(=O)O)[nH]5)c(F)c4)cc3)[nH]2)N(C)C(=O)O)C[C@@H](C)O1. The largest absolute Gasteiger partial charge is 0.465 e. The van der Waals surface area contributed by atoms with Gasteiger partial charge in [0.1, 0.15) is 29.5 Å². The van der Waals surface area contributed by atoms with E-state index < -0.39 is 36.1 Å². The van der Waals surface area contributed by atoms with Crippen molar-refractivity contribution in [2.45, 2.75) is 154 Å². The van der Waals surface area contributed by atoms with E-state index in [1.165, 1.54) is 20.2 Å². The van der Waals surface area contributed by atoms with E-state index >= 15 is 4.39 Å². The van der Waals surface area contributed by atoms with Crippen LogP contribution in [0.25, 0.3) is 33.6 Å². The van der Waals surface area contributed by atoms with Crippen molar-refractivity contribution < 1.29 is 43.3 Å². The van der Waals surface area contributed by atoms with E-state index in [1.807, 2.05) is 76.8 Å². The van der Waals surface area contributed by atoms with Crippen LogP contribution in [0, 0.1) is 17.7 Å². The summed E-state index contributed by atoms with van der Waals surface area (Å²) in [5, 5.41) is 20.1. The third-order valence-corrected chi connectivity index (χ3v) is 14.8. The summed E-state index contributed by atoms with van der Waals surface area (Å²) < 4.78 is 27.9. The zero-order valence-electron chi connectivity index (χ0n) is 39.7. The number of likely N-dealkylation sites (tertiary alicyclic amines) is 2. The highest BCUT2D eigenvalue weighted by atomic mass is 19.1. The molecule has 6 heterocycles. The van der Waals surface area contributed by atoms with Crippen molar-refractivity contribution in [2.75, 3.05) is 14.1 Å². The van der Waals surface area contributed by atoms with E-state index in [0.29, 0.717) is 73.4 Å². The molecular weight excluding hydrogens is 860 g/mol. The molecule has 4 amide bonds. The zero-order valence-corrected chi connectivity index (χ0v) is 39.7. The summed E-state index contributed by atoms with van der Waals surface area (Å²) in [4.78, 5) is 75.5. The minimum atomic E-state index is -1.16. The molecular formula is C50H65FN8O8. The Labute approximate surface area is 391 Å². The van der Waals surface area contributed by atoms with Crippen LogP contribution in [0.5, 0.6) is 0 Å². The molecule has 17 heteroatoms. The second-order valence-electron chi connectivity index (χ2n) is 19.7. The van der Waals surface area contributed by atoms with Crippen molar-refractivity contribution in [2.24, 2.45) is 11.8 Å². The van der Waals surface area contributed by atoms with Crippen LogP contribution in [0.2, 0.25) is 0 Å². The molecule has 4 aliphatic heterocycles. The van der Waals surface area contributed by atoms with Crippen molar-refractivity contribution in [3.05, 3.63) is 72.3 Å². The number of ether oxygens (including phenoxy) is 2. The van der Waals surface area contributed by atoms with Crippen LogP contribution in [-0.4, -0.2) is 136 Å². The third-order valence-electron chi connectivity index (χ3n) is 14.8. The second-order valence-corrected chi connectivity index (χ2v) is 19.7. The Morgan fingerprint density at radius 2 is 1.03 bits per heavy atom. The number of carbonyl (C=O) groups excluding carboxylic acids is 2. The fraction of sp³-hybridized carbons (Fsp3) is 0.560. The van der Waals surface area contributed by atoms with Crippen LogP contribution in [0.1, 0.15) is 117 Å². The number of carbonyl (C=O) groups is 4. The Morgan fingerprint density at radius 3 is 1.46 bits per heavy atom. The van der Waals surface area contributed by atoms with E-state index in [-0.39, 0.29) is 66.2 Å². The fourth-order valence-electron chi connectivity index (χ4n) is 11.6. The van der Waals surface area contributed by atoms with Gasteiger partial charge in [-0.3, -0.25) is 19.4 Å². The van der Waals surface area contributed by atoms with Gasteiger partial charge in [-0.25, -0.2) is 23.9 Å². The molecule has 0 aliphatic carbocycles. The number of rotatable bonds is 11. The molecule has 16 nitrogen and oxygen atoms in total. The first-order valence-corrected chi connectivity index (χ1v) is 23.8. The monoisotopic (exact) mass is 924 g/mol. The molecule has 67 heavy (non-hydrogen) atoms. The standard InChI is InChI=1S/C50H65FN8O8/c1-26-9-17-41(58(26)47(60)43(56(7)49(62)63)35-19-28(3)66-29(4)20-35)45-52-24-39(54-45)33-13-11-32(12-14-33)34-15-16-37(38(51)23-34)40-25-53-46(55-40)42-18-10-27(2)59(42)48(61)44(57(8)50(64)65)36-21-30(5)67-31(6)22-36/h11-16,23-31,35-36,41-44H,9-10,17-22H2,1-8H3,(H,52,54)(H,53,55)(H,62,63)(H,64,65)/t26-,27-,28+,29+,30+,31+,41-,42-,43-,44-/m0/s1. The summed E-state index contributed by atoms with van der Waals surface area (Å²) in [5.74, 6) is -0.155. The zero-order chi connectivity index (χ0) is 48.0. The van der Waals surface area contributed by atoms with Crippen LogP contribution in [0.3, 0.4) is 0 Å². The predicted molar refractivity (Wildman–Crippen MR) is 248 cm³/mol. The van der Waals surface area contributed by atoms with Crippen LogP contribution < -0.4 is 0 Å². The average Bonchev–Trinajstić information content (AvgIpc) is 4.10. The van der Waals surface area contributed by atoms with Gasteiger partial charge in [0, 0.05) is 31.7 Å². The number of nitrogens with zero attached hydrogens (tertiary/aromatic N) is 6. The number of nitrogens with one attached hydrogen (secondary N) is 2. The minimum Gasteiger partial charge on any atom is -0.465 e. The molecule has 4 saturated heterocycles. The molecule has 360 valence electrons.